The van der Waals surface area contributed by atoms with Crippen LogP contribution in [0.15, 0.2) is 0 Å². The van der Waals surface area contributed by atoms with E-state index in [1.165, 1.54) is 6.42 Å². The van der Waals surface area contributed by atoms with Gasteiger partial charge in [-0.15, -0.1) is 0 Å². The topological polar surface area (TPSA) is 88.2 Å². The number of nitrogens with two attached hydrogens (primary N) is 1. The number of hydrogen-bond acceptors (Lipinski definition) is 3. The Kier molecular flexibility index (Phi) is 6.12. The molecule has 19 heavy (non-hydrogen) atoms. The first-order valence-electron chi connectivity index (χ1n) is 7.26. The number of carbonyl (C=O) groups is 1. The van der Waals surface area contributed by atoms with Crippen LogP contribution >= 0.6 is 0 Å². The molecule has 0 spiro atoms. The van der Waals surface area contributed by atoms with Crippen molar-refractivity contribution in [3.8, 4) is 0 Å². The predicted octanol–water partition coefficient (Wildman–Crippen LogP) is 2.79. The lowest BCUT2D eigenvalue weighted by Crippen LogP contribution is -2.57. The zero-order valence-corrected chi connectivity index (χ0v) is 12.1. The minimum absolute atomic E-state index is 0.0518. The molecule has 5 heteroatoms. The standard InChI is InChI=1S/C14H27N3O2/c1-11(2)10-19-13(18)17-14(12(15)16)8-6-4-3-5-7-9-14/h11H,3-10H2,1-2H3,(H3,15,16)(H,17,18). The summed E-state index contributed by atoms with van der Waals surface area (Å²) in [7, 11) is 0. The molecule has 1 fully saturated rings. The molecule has 0 aromatic heterocycles. The maximum absolute atomic E-state index is 11.8. The third-order valence-corrected chi connectivity index (χ3v) is 3.61. The molecule has 0 saturated heterocycles. The van der Waals surface area contributed by atoms with E-state index in [2.05, 4.69) is 5.32 Å². The zero-order chi connectivity index (χ0) is 14.3. The highest BCUT2D eigenvalue weighted by molar-refractivity contribution is 5.90. The van der Waals surface area contributed by atoms with Crippen molar-refractivity contribution < 1.29 is 9.53 Å². The van der Waals surface area contributed by atoms with Crippen molar-refractivity contribution in [3.05, 3.63) is 0 Å². The lowest BCUT2D eigenvalue weighted by molar-refractivity contribution is 0.123. The van der Waals surface area contributed by atoms with Gasteiger partial charge in [-0.25, -0.2) is 4.79 Å². The van der Waals surface area contributed by atoms with E-state index < -0.39 is 11.6 Å². The molecular weight excluding hydrogens is 242 g/mol. The van der Waals surface area contributed by atoms with Crippen LogP contribution in [0.2, 0.25) is 0 Å². The van der Waals surface area contributed by atoms with E-state index in [1.807, 2.05) is 13.8 Å². The molecule has 5 nitrogen and oxygen atoms in total. The molecule has 1 rings (SSSR count). The normalized spacial score (nSPS) is 19.3. The Balaban J connectivity index is 2.63. The Hall–Kier alpha value is -1.26. The van der Waals surface area contributed by atoms with Crippen LogP contribution in [0.1, 0.15) is 58.8 Å². The van der Waals surface area contributed by atoms with Gasteiger partial charge in [0.05, 0.1) is 12.1 Å². The molecule has 1 aliphatic rings. The Labute approximate surface area is 115 Å². The maximum atomic E-state index is 11.8. The fraction of sp³-hybridized carbons (Fsp3) is 0.857. The molecule has 0 aliphatic heterocycles. The van der Waals surface area contributed by atoms with Crippen LogP contribution in [0.3, 0.4) is 0 Å². The van der Waals surface area contributed by atoms with Crippen molar-refractivity contribution in [3.63, 3.8) is 0 Å². The van der Waals surface area contributed by atoms with E-state index in [4.69, 9.17) is 15.9 Å². The third-order valence-electron chi connectivity index (χ3n) is 3.61. The summed E-state index contributed by atoms with van der Waals surface area (Å²) < 4.78 is 5.15. The Bertz CT molecular complexity index is 308. The minimum Gasteiger partial charge on any atom is -0.449 e. The molecule has 0 bridgehead atoms. The Morgan fingerprint density at radius 3 is 2.26 bits per heavy atom. The first-order chi connectivity index (χ1) is 8.96. The highest BCUT2D eigenvalue weighted by atomic mass is 16.5. The highest BCUT2D eigenvalue weighted by Gasteiger charge is 2.35. The second-order valence-electron chi connectivity index (χ2n) is 5.88. The van der Waals surface area contributed by atoms with Crippen molar-refractivity contribution in [1.29, 1.82) is 5.41 Å². The smallest absolute Gasteiger partial charge is 0.407 e. The number of amidine groups is 1. The van der Waals surface area contributed by atoms with Gasteiger partial charge in [-0.3, -0.25) is 5.41 Å². The molecule has 0 heterocycles. The van der Waals surface area contributed by atoms with Crippen molar-refractivity contribution in [1.82, 2.24) is 5.32 Å². The fourth-order valence-corrected chi connectivity index (χ4v) is 2.44. The minimum atomic E-state index is -0.700. The van der Waals surface area contributed by atoms with Crippen molar-refractivity contribution in [2.24, 2.45) is 11.7 Å². The average molecular weight is 269 g/mol. The van der Waals surface area contributed by atoms with E-state index in [0.717, 1.165) is 38.5 Å². The molecule has 0 radical (unpaired) electrons. The number of alkyl carbamates (subject to hydrolysis) is 1. The molecular formula is C14H27N3O2. The molecule has 0 aromatic carbocycles. The van der Waals surface area contributed by atoms with Crippen molar-refractivity contribution in [2.75, 3.05) is 6.61 Å². The number of carbonyl (C=O) groups excluding carboxylic acids is 1. The number of rotatable bonds is 4. The van der Waals surface area contributed by atoms with Crippen LogP contribution in [0.5, 0.6) is 0 Å². The van der Waals surface area contributed by atoms with E-state index in [1.54, 1.807) is 0 Å². The first-order valence-corrected chi connectivity index (χ1v) is 7.26. The van der Waals surface area contributed by atoms with Gasteiger partial charge in [-0.2, -0.15) is 0 Å². The zero-order valence-electron chi connectivity index (χ0n) is 12.1. The quantitative estimate of drug-likeness (QED) is 0.541. The summed E-state index contributed by atoms with van der Waals surface area (Å²) in [6.07, 6.45) is 6.50. The van der Waals surface area contributed by atoms with Crippen LogP contribution in [-0.4, -0.2) is 24.1 Å². The van der Waals surface area contributed by atoms with Gasteiger partial charge in [0.1, 0.15) is 5.84 Å². The van der Waals surface area contributed by atoms with Gasteiger partial charge in [-0.05, 0) is 18.8 Å². The highest BCUT2D eigenvalue weighted by Crippen LogP contribution is 2.26. The van der Waals surface area contributed by atoms with Gasteiger partial charge in [-0.1, -0.05) is 46.0 Å². The van der Waals surface area contributed by atoms with E-state index in [0.29, 0.717) is 12.5 Å². The van der Waals surface area contributed by atoms with Gasteiger partial charge in [0, 0.05) is 0 Å². The largest absolute Gasteiger partial charge is 0.449 e. The third kappa shape index (κ3) is 5.09. The van der Waals surface area contributed by atoms with Gasteiger partial charge in [0.2, 0.25) is 0 Å². The lowest BCUT2D eigenvalue weighted by atomic mass is 9.83. The van der Waals surface area contributed by atoms with Crippen molar-refractivity contribution in [2.45, 2.75) is 64.3 Å². The van der Waals surface area contributed by atoms with Crippen LogP contribution in [0, 0.1) is 11.3 Å². The Morgan fingerprint density at radius 1 is 1.26 bits per heavy atom. The summed E-state index contributed by atoms with van der Waals surface area (Å²) in [4.78, 5) is 11.8. The number of hydrogen-bond donors (Lipinski definition) is 3. The second-order valence-corrected chi connectivity index (χ2v) is 5.88. The number of ether oxygens (including phenoxy) is 1. The fourth-order valence-electron chi connectivity index (χ4n) is 2.44. The van der Waals surface area contributed by atoms with Gasteiger partial charge < -0.3 is 15.8 Å². The molecule has 1 saturated carbocycles. The van der Waals surface area contributed by atoms with Crippen LogP contribution < -0.4 is 11.1 Å². The molecule has 1 amide bonds. The van der Waals surface area contributed by atoms with Crippen LogP contribution in [0.4, 0.5) is 4.79 Å². The van der Waals surface area contributed by atoms with Crippen molar-refractivity contribution >= 4 is 11.9 Å². The first kappa shape index (κ1) is 15.8. The monoisotopic (exact) mass is 269 g/mol. The molecule has 0 unspecified atom stereocenters. The number of amides is 1. The summed E-state index contributed by atoms with van der Waals surface area (Å²) >= 11 is 0. The summed E-state index contributed by atoms with van der Waals surface area (Å²) in [6, 6.07) is 0. The summed E-state index contributed by atoms with van der Waals surface area (Å²) in [5.74, 6) is 0.354. The number of nitrogens with one attached hydrogen (secondary N) is 2. The molecule has 4 N–H and O–H groups in total. The Morgan fingerprint density at radius 2 is 1.79 bits per heavy atom. The van der Waals surface area contributed by atoms with Gasteiger partial charge >= 0.3 is 6.09 Å². The maximum Gasteiger partial charge on any atom is 0.407 e. The van der Waals surface area contributed by atoms with Crippen LogP contribution in [0.25, 0.3) is 0 Å². The summed E-state index contributed by atoms with van der Waals surface area (Å²) in [6.45, 7) is 4.37. The van der Waals surface area contributed by atoms with E-state index >= 15 is 0 Å². The van der Waals surface area contributed by atoms with E-state index in [-0.39, 0.29) is 5.84 Å². The summed E-state index contributed by atoms with van der Waals surface area (Å²) in [5, 5.41) is 10.7. The van der Waals surface area contributed by atoms with Gasteiger partial charge in [0.15, 0.2) is 0 Å². The lowest BCUT2D eigenvalue weighted by Gasteiger charge is -2.34. The van der Waals surface area contributed by atoms with E-state index in [9.17, 15) is 4.79 Å². The molecule has 0 aromatic rings. The SMILES string of the molecule is CC(C)COC(=O)NC1(C(=N)N)CCCCCCC1. The van der Waals surface area contributed by atoms with Crippen LogP contribution in [-0.2, 0) is 4.74 Å². The second kappa shape index (κ2) is 7.36. The summed E-state index contributed by atoms with van der Waals surface area (Å²) in [5.41, 5.74) is 5.04. The molecule has 1 aliphatic carbocycles. The molecule has 0 atom stereocenters. The predicted molar refractivity (Wildman–Crippen MR) is 76.3 cm³/mol. The molecule has 110 valence electrons. The average Bonchev–Trinajstić information content (AvgIpc) is 2.30. The van der Waals surface area contributed by atoms with Gasteiger partial charge in [0.25, 0.3) is 0 Å².